The normalized spacial score (nSPS) is 22.0. The van der Waals surface area contributed by atoms with Gasteiger partial charge in [-0.05, 0) is 13.0 Å². The number of nitrogens with zero attached hydrogens (tertiary/aromatic N) is 1. The van der Waals surface area contributed by atoms with Crippen LogP contribution in [0.1, 0.15) is 28.4 Å². The zero-order valence-corrected chi connectivity index (χ0v) is 15.1. The van der Waals surface area contributed by atoms with E-state index in [-0.39, 0.29) is 35.1 Å². The molecular weight excluding hydrogens is 381 g/mol. The first-order chi connectivity index (χ1) is 12.8. The second-order valence-corrected chi connectivity index (χ2v) is 7.32. The minimum Gasteiger partial charge on any atom is -0.362 e. The second-order valence-electron chi connectivity index (χ2n) is 6.95. The average molecular weight is 397 g/mol. The third-order valence-electron chi connectivity index (χ3n) is 5.17. The van der Waals surface area contributed by atoms with Gasteiger partial charge in [0.05, 0.1) is 11.6 Å². The van der Waals surface area contributed by atoms with Crippen LogP contribution >= 0.6 is 11.6 Å². The zero-order chi connectivity index (χ0) is 19.3. The molecule has 1 atom stereocenters. The number of pyridine rings is 1. The number of hydrogen-bond donors (Lipinski definition) is 3. The highest BCUT2D eigenvalue weighted by molar-refractivity contribution is 6.31. The summed E-state index contributed by atoms with van der Waals surface area (Å²) in [5.74, 6) is -3.11. The molecule has 5 nitrogen and oxygen atoms in total. The van der Waals surface area contributed by atoms with Crippen molar-refractivity contribution in [2.45, 2.75) is 18.4 Å². The fraction of sp³-hybridized carbons (Fsp3) is 0.333. The van der Waals surface area contributed by atoms with E-state index in [0.29, 0.717) is 13.1 Å². The molecule has 2 aromatic rings. The molecule has 0 bridgehead atoms. The zero-order valence-electron chi connectivity index (χ0n) is 14.3. The van der Waals surface area contributed by atoms with Crippen molar-refractivity contribution in [2.75, 3.05) is 25.0 Å². The first-order valence-electron chi connectivity index (χ1n) is 8.41. The molecular formula is C18H16ClF3N4O. The minimum absolute atomic E-state index is 0.00323. The van der Waals surface area contributed by atoms with Crippen molar-refractivity contribution >= 4 is 23.3 Å². The third kappa shape index (κ3) is 2.74. The molecule has 0 aliphatic carbocycles. The van der Waals surface area contributed by atoms with Crippen molar-refractivity contribution in [3.05, 3.63) is 57.5 Å². The summed E-state index contributed by atoms with van der Waals surface area (Å²) in [5.41, 5.74) is -1.26. The lowest BCUT2D eigenvalue weighted by Crippen LogP contribution is -2.52. The molecule has 2 aliphatic rings. The first kappa shape index (κ1) is 18.1. The van der Waals surface area contributed by atoms with Gasteiger partial charge < -0.3 is 16.0 Å². The van der Waals surface area contributed by atoms with Gasteiger partial charge in [-0.3, -0.25) is 4.79 Å². The van der Waals surface area contributed by atoms with Crippen LogP contribution in [-0.2, 0) is 5.41 Å². The molecule has 0 saturated carbocycles. The molecule has 1 saturated heterocycles. The summed E-state index contributed by atoms with van der Waals surface area (Å²) in [6.07, 6.45) is 1.27. The number of halogens is 4. The third-order valence-corrected chi connectivity index (χ3v) is 5.52. The molecule has 1 amide bonds. The topological polar surface area (TPSA) is 66.0 Å². The molecule has 1 fully saturated rings. The summed E-state index contributed by atoms with van der Waals surface area (Å²) in [6, 6.07) is 2.27. The van der Waals surface area contributed by atoms with E-state index < -0.39 is 33.8 Å². The van der Waals surface area contributed by atoms with Gasteiger partial charge in [0.2, 0.25) is 0 Å². The van der Waals surface area contributed by atoms with E-state index in [0.717, 1.165) is 6.07 Å². The van der Waals surface area contributed by atoms with Crippen molar-refractivity contribution in [3.63, 3.8) is 0 Å². The quantitative estimate of drug-likeness (QED) is 0.698. The van der Waals surface area contributed by atoms with Gasteiger partial charge >= 0.3 is 0 Å². The van der Waals surface area contributed by atoms with Gasteiger partial charge in [-0.25, -0.2) is 18.2 Å². The van der Waals surface area contributed by atoms with Gasteiger partial charge in [-0.15, -0.1) is 0 Å². The summed E-state index contributed by atoms with van der Waals surface area (Å²) in [6.45, 7) is 2.84. The Hall–Kier alpha value is -2.32. The predicted molar refractivity (Wildman–Crippen MR) is 94.6 cm³/mol. The van der Waals surface area contributed by atoms with Crippen LogP contribution < -0.4 is 16.0 Å². The average Bonchev–Trinajstić information content (AvgIpc) is 2.60. The number of fused-ring (bicyclic) bond motifs is 1. The van der Waals surface area contributed by atoms with E-state index in [1.54, 1.807) is 6.92 Å². The Morgan fingerprint density at radius 1 is 1.26 bits per heavy atom. The van der Waals surface area contributed by atoms with E-state index >= 15 is 4.39 Å². The molecule has 1 aromatic carbocycles. The van der Waals surface area contributed by atoms with Crippen LogP contribution in [0, 0.1) is 17.5 Å². The van der Waals surface area contributed by atoms with Gasteiger partial charge in [-0.1, -0.05) is 17.7 Å². The summed E-state index contributed by atoms with van der Waals surface area (Å²) in [5, 5.41) is 7.98. The monoisotopic (exact) mass is 396 g/mol. The molecule has 3 heterocycles. The molecule has 0 unspecified atom stereocenters. The Morgan fingerprint density at radius 3 is 2.67 bits per heavy atom. The van der Waals surface area contributed by atoms with E-state index in [4.69, 9.17) is 11.6 Å². The SMILES string of the molecule is C[C@]1(c2ccc(F)c(Cl)c2F)CNC(=O)c2cnc(NC3CNC3)c(F)c21. The van der Waals surface area contributed by atoms with E-state index in [9.17, 15) is 13.6 Å². The lowest BCUT2D eigenvalue weighted by molar-refractivity contribution is 0.0930. The largest absolute Gasteiger partial charge is 0.362 e. The number of aromatic nitrogens is 1. The van der Waals surface area contributed by atoms with Gasteiger partial charge in [0.25, 0.3) is 5.91 Å². The molecule has 27 heavy (non-hydrogen) atoms. The summed E-state index contributed by atoms with van der Waals surface area (Å²) in [7, 11) is 0. The Balaban J connectivity index is 1.90. The molecule has 2 aliphatic heterocycles. The Bertz CT molecular complexity index is 951. The smallest absolute Gasteiger partial charge is 0.253 e. The molecule has 0 spiro atoms. The van der Waals surface area contributed by atoms with Crippen molar-refractivity contribution in [1.29, 1.82) is 0 Å². The van der Waals surface area contributed by atoms with E-state index in [1.807, 2.05) is 0 Å². The fourth-order valence-corrected chi connectivity index (χ4v) is 3.67. The molecule has 4 rings (SSSR count). The molecule has 3 N–H and O–H groups in total. The van der Waals surface area contributed by atoms with Crippen molar-refractivity contribution in [2.24, 2.45) is 0 Å². The number of hydrogen-bond acceptors (Lipinski definition) is 4. The summed E-state index contributed by atoms with van der Waals surface area (Å²) >= 11 is 5.72. The lowest BCUT2D eigenvalue weighted by atomic mass is 9.72. The van der Waals surface area contributed by atoms with Crippen LogP contribution in [-0.4, -0.2) is 36.6 Å². The van der Waals surface area contributed by atoms with Crippen LogP contribution in [0.15, 0.2) is 18.3 Å². The van der Waals surface area contributed by atoms with Crippen LogP contribution in [0.25, 0.3) is 0 Å². The molecule has 9 heteroatoms. The molecule has 0 radical (unpaired) electrons. The predicted octanol–water partition coefficient (Wildman–Crippen LogP) is 2.59. The first-order valence-corrected chi connectivity index (χ1v) is 8.79. The van der Waals surface area contributed by atoms with Crippen LogP contribution in [0.2, 0.25) is 5.02 Å². The van der Waals surface area contributed by atoms with Crippen LogP contribution in [0.3, 0.4) is 0 Å². The minimum atomic E-state index is -1.29. The maximum absolute atomic E-state index is 15.4. The maximum Gasteiger partial charge on any atom is 0.253 e. The highest BCUT2D eigenvalue weighted by atomic mass is 35.5. The highest BCUT2D eigenvalue weighted by Crippen LogP contribution is 2.42. The summed E-state index contributed by atoms with van der Waals surface area (Å²) < 4.78 is 43.7. The van der Waals surface area contributed by atoms with Gasteiger partial charge in [0, 0.05) is 42.4 Å². The van der Waals surface area contributed by atoms with Crippen molar-refractivity contribution in [1.82, 2.24) is 15.6 Å². The number of anilines is 1. The number of carbonyl (C=O) groups is 1. The van der Waals surface area contributed by atoms with Crippen LogP contribution in [0.4, 0.5) is 19.0 Å². The molecule has 142 valence electrons. The van der Waals surface area contributed by atoms with E-state index in [1.165, 1.54) is 12.3 Å². The fourth-order valence-electron chi connectivity index (χ4n) is 3.51. The van der Waals surface area contributed by atoms with Gasteiger partial charge in [0.1, 0.15) is 16.7 Å². The standard InChI is InChI=1S/C18H16ClF3N4O/c1-18(10-2-3-11(20)13(19)14(10)21)7-25-17(27)9-6-24-16(15(22)12(9)18)26-8-4-23-5-8/h2-3,6,8,23H,4-5,7H2,1H3,(H,24,26)(H,25,27)/t18-/m1/s1. The van der Waals surface area contributed by atoms with Gasteiger partial charge in [0.15, 0.2) is 11.6 Å². The van der Waals surface area contributed by atoms with E-state index in [2.05, 4.69) is 20.9 Å². The van der Waals surface area contributed by atoms with Crippen molar-refractivity contribution < 1.29 is 18.0 Å². The highest BCUT2D eigenvalue weighted by Gasteiger charge is 2.43. The number of benzene rings is 1. The van der Waals surface area contributed by atoms with Crippen LogP contribution in [0.5, 0.6) is 0 Å². The Labute approximate surface area is 158 Å². The Morgan fingerprint density at radius 2 is 2.00 bits per heavy atom. The lowest BCUT2D eigenvalue weighted by Gasteiger charge is -2.37. The second kappa shape index (κ2) is 6.38. The van der Waals surface area contributed by atoms with Gasteiger partial charge in [-0.2, -0.15) is 0 Å². The number of rotatable bonds is 3. The summed E-state index contributed by atoms with van der Waals surface area (Å²) in [4.78, 5) is 16.3. The maximum atomic E-state index is 15.4. The Kier molecular flexibility index (Phi) is 4.27. The number of carbonyl (C=O) groups excluding carboxylic acids is 1. The number of nitrogens with one attached hydrogen (secondary N) is 3. The number of amides is 1. The molecule has 1 aromatic heterocycles. The van der Waals surface area contributed by atoms with Crippen molar-refractivity contribution in [3.8, 4) is 0 Å².